The minimum Gasteiger partial charge on any atom is -0.493 e. The van der Waals surface area contributed by atoms with E-state index in [1.165, 1.54) is 0 Å². The minimum absolute atomic E-state index is 0.0464. The summed E-state index contributed by atoms with van der Waals surface area (Å²) < 4.78 is 5.67. The van der Waals surface area contributed by atoms with Crippen LogP contribution in [-0.2, 0) is 5.41 Å². The van der Waals surface area contributed by atoms with Crippen molar-refractivity contribution in [1.82, 2.24) is 9.97 Å². The second-order valence-corrected chi connectivity index (χ2v) is 7.62. The van der Waals surface area contributed by atoms with Gasteiger partial charge in [-0.15, -0.1) is 11.3 Å². The molecule has 126 valence electrons. The van der Waals surface area contributed by atoms with E-state index in [4.69, 9.17) is 4.42 Å². The van der Waals surface area contributed by atoms with Crippen molar-refractivity contribution in [2.24, 2.45) is 0 Å². The molecule has 4 nitrogen and oxygen atoms in total. The summed E-state index contributed by atoms with van der Waals surface area (Å²) in [5, 5.41) is 13.2. The maximum atomic E-state index is 10.6. The number of fused-ring (bicyclic) bond motifs is 1. The Morgan fingerprint density at radius 1 is 1.12 bits per heavy atom. The van der Waals surface area contributed by atoms with Crippen molar-refractivity contribution in [1.29, 1.82) is 0 Å². The van der Waals surface area contributed by atoms with Crippen molar-refractivity contribution in [3.63, 3.8) is 0 Å². The first-order valence-electron chi connectivity index (χ1n) is 8.06. The van der Waals surface area contributed by atoms with Crippen LogP contribution in [0.3, 0.4) is 0 Å². The molecule has 0 atom stereocenters. The fourth-order valence-corrected chi connectivity index (χ4v) is 3.82. The molecule has 0 saturated heterocycles. The highest BCUT2D eigenvalue weighted by molar-refractivity contribution is 7.10. The molecule has 0 aliphatic rings. The second-order valence-electron chi connectivity index (χ2n) is 6.67. The SMILES string of the molecule is Cc1cccc(-c2coc3nc(C(C)(C)c4cccs4)nc(O)c23)c1. The Balaban J connectivity index is 1.88. The lowest BCUT2D eigenvalue weighted by Gasteiger charge is -2.21. The number of benzene rings is 1. The maximum absolute atomic E-state index is 10.6. The van der Waals surface area contributed by atoms with Crippen molar-refractivity contribution in [3.05, 3.63) is 64.3 Å². The van der Waals surface area contributed by atoms with Crippen molar-refractivity contribution in [2.45, 2.75) is 26.2 Å². The van der Waals surface area contributed by atoms with Crippen molar-refractivity contribution >= 4 is 22.4 Å². The molecular formula is C20H18N2O2S. The molecule has 0 spiro atoms. The smallest absolute Gasteiger partial charge is 0.233 e. The summed E-state index contributed by atoms with van der Waals surface area (Å²) in [6, 6.07) is 12.1. The van der Waals surface area contributed by atoms with E-state index in [2.05, 4.69) is 16.0 Å². The number of rotatable bonds is 3. The quantitative estimate of drug-likeness (QED) is 0.545. The van der Waals surface area contributed by atoms with Gasteiger partial charge in [0.05, 0.1) is 5.41 Å². The van der Waals surface area contributed by atoms with Gasteiger partial charge < -0.3 is 9.52 Å². The molecule has 1 N–H and O–H groups in total. The monoisotopic (exact) mass is 350 g/mol. The van der Waals surface area contributed by atoms with E-state index < -0.39 is 5.41 Å². The van der Waals surface area contributed by atoms with Gasteiger partial charge in [-0.1, -0.05) is 35.9 Å². The molecule has 3 aromatic heterocycles. The van der Waals surface area contributed by atoms with E-state index in [0.717, 1.165) is 21.6 Å². The Morgan fingerprint density at radius 3 is 2.68 bits per heavy atom. The van der Waals surface area contributed by atoms with E-state index in [1.54, 1.807) is 17.6 Å². The zero-order valence-electron chi connectivity index (χ0n) is 14.3. The number of thiophene rings is 1. The van der Waals surface area contributed by atoms with Crippen LogP contribution in [0.5, 0.6) is 5.88 Å². The van der Waals surface area contributed by atoms with Crippen LogP contribution in [0.2, 0.25) is 0 Å². The van der Waals surface area contributed by atoms with E-state index in [9.17, 15) is 5.11 Å². The average Bonchev–Trinajstić information content (AvgIpc) is 3.25. The molecule has 0 radical (unpaired) electrons. The third-order valence-corrected chi connectivity index (χ3v) is 5.63. The minimum atomic E-state index is -0.407. The lowest BCUT2D eigenvalue weighted by molar-refractivity contribution is 0.447. The Labute approximate surface area is 149 Å². The van der Waals surface area contributed by atoms with Gasteiger partial charge in [-0.2, -0.15) is 9.97 Å². The van der Waals surface area contributed by atoms with Crippen LogP contribution in [0.4, 0.5) is 0 Å². The lowest BCUT2D eigenvalue weighted by Crippen LogP contribution is -2.21. The Bertz CT molecular complexity index is 1050. The van der Waals surface area contributed by atoms with E-state index in [0.29, 0.717) is 16.9 Å². The second kappa shape index (κ2) is 5.70. The predicted molar refractivity (Wildman–Crippen MR) is 100 cm³/mol. The van der Waals surface area contributed by atoms with Gasteiger partial charge in [0.2, 0.25) is 11.6 Å². The molecule has 5 heteroatoms. The fraction of sp³-hybridized carbons (Fsp3) is 0.200. The van der Waals surface area contributed by atoms with Gasteiger partial charge in [0.15, 0.2) is 0 Å². The lowest BCUT2D eigenvalue weighted by atomic mass is 9.90. The topological polar surface area (TPSA) is 59.2 Å². The van der Waals surface area contributed by atoms with Gasteiger partial charge in [-0.05, 0) is 37.8 Å². The van der Waals surface area contributed by atoms with Crippen molar-refractivity contribution < 1.29 is 9.52 Å². The van der Waals surface area contributed by atoms with Gasteiger partial charge >= 0.3 is 0 Å². The standard InChI is InChI=1S/C20H18N2O2S/c1-12-6-4-7-13(10-12)14-11-24-18-16(14)17(23)21-19(22-18)20(2,3)15-8-5-9-25-15/h4-11H,1-3H3,(H,21,22,23). The average molecular weight is 350 g/mol. The van der Waals surface area contributed by atoms with Gasteiger partial charge in [0, 0.05) is 10.4 Å². The highest BCUT2D eigenvalue weighted by Crippen LogP contribution is 2.38. The number of furan rings is 1. The summed E-state index contributed by atoms with van der Waals surface area (Å²) in [5.41, 5.74) is 2.92. The third kappa shape index (κ3) is 2.61. The van der Waals surface area contributed by atoms with Crippen LogP contribution in [0.1, 0.15) is 30.1 Å². The van der Waals surface area contributed by atoms with E-state index in [1.807, 2.05) is 56.5 Å². The van der Waals surface area contributed by atoms with Gasteiger partial charge in [0.1, 0.15) is 17.5 Å². The van der Waals surface area contributed by atoms with Crippen LogP contribution in [0, 0.1) is 6.92 Å². The fourth-order valence-electron chi connectivity index (χ4n) is 2.97. The molecule has 25 heavy (non-hydrogen) atoms. The molecule has 0 unspecified atom stereocenters. The summed E-state index contributed by atoms with van der Waals surface area (Å²) in [4.78, 5) is 10.1. The Kier molecular flexibility index (Phi) is 3.62. The first kappa shape index (κ1) is 15.8. The molecular weight excluding hydrogens is 332 g/mol. The predicted octanol–water partition coefficient (Wildman–Crippen LogP) is 5.29. The Hall–Kier alpha value is -2.66. The molecule has 0 fully saturated rings. The van der Waals surface area contributed by atoms with Gasteiger partial charge in [-0.25, -0.2) is 0 Å². The van der Waals surface area contributed by atoms with E-state index >= 15 is 0 Å². The van der Waals surface area contributed by atoms with Crippen LogP contribution < -0.4 is 0 Å². The summed E-state index contributed by atoms with van der Waals surface area (Å²) in [6.07, 6.45) is 1.63. The Morgan fingerprint density at radius 2 is 1.96 bits per heavy atom. The molecule has 3 heterocycles. The van der Waals surface area contributed by atoms with E-state index in [-0.39, 0.29) is 5.88 Å². The zero-order valence-corrected chi connectivity index (χ0v) is 15.1. The summed E-state index contributed by atoms with van der Waals surface area (Å²) in [5.74, 6) is 0.500. The van der Waals surface area contributed by atoms with Crippen LogP contribution in [0.15, 0.2) is 52.5 Å². The number of nitrogens with zero attached hydrogens (tertiary/aromatic N) is 2. The molecule has 0 amide bonds. The molecule has 4 rings (SSSR count). The highest BCUT2D eigenvalue weighted by atomic mass is 32.1. The number of hydrogen-bond acceptors (Lipinski definition) is 5. The summed E-state index contributed by atoms with van der Waals surface area (Å²) in [6.45, 7) is 6.12. The molecule has 0 aliphatic heterocycles. The molecule has 4 aromatic rings. The first-order chi connectivity index (χ1) is 12.0. The third-order valence-electron chi connectivity index (χ3n) is 4.44. The molecule has 0 saturated carbocycles. The summed E-state index contributed by atoms with van der Waals surface area (Å²) >= 11 is 1.65. The van der Waals surface area contributed by atoms with Gasteiger partial charge in [0.25, 0.3) is 0 Å². The first-order valence-corrected chi connectivity index (χ1v) is 8.94. The number of hydrogen-bond donors (Lipinski definition) is 1. The largest absolute Gasteiger partial charge is 0.493 e. The maximum Gasteiger partial charge on any atom is 0.233 e. The number of aryl methyl sites for hydroxylation is 1. The van der Waals surface area contributed by atoms with Gasteiger partial charge in [-0.3, -0.25) is 0 Å². The van der Waals surface area contributed by atoms with Crippen LogP contribution in [0.25, 0.3) is 22.2 Å². The van der Waals surface area contributed by atoms with Crippen molar-refractivity contribution in [3.8, 4) is 17.0 Å². The number of aromatic hydroxyl groups is 1. The normalized spacial score (nSPS) is 12.0. The van der Waals surface area contributed by atoms with Crippen molar-refractivity contribution in [2.75, 3.05) is 0 Å². The summed E-state index contributed by atoms with van der Waals surface area (Å²) in [7, 11) is 0. The molecule has 0 aliphatic carbocycles. The highest BCUT2D eigenvalue weighted by Gasteiger charge is 2.30. The number of aromatic nitrogens is 2. The van der Waals surface area contributed by atoms with Crippen LogP contribution >= 0.6 is 11.3 Å². The van der Waals surface area contributed by atoms with Crippen LogP contribution in [-0.4, -0.2) is 15.1 Å². The molecule has 1 aromatic carbocycles. The molecule has 0 bridgehead atoms. The zero-order chi connectivity index (χ0) is 17.6.